The molecule has 2 N–H and O–H groups in total. The van der Waals surface area contributed by atoms with Gasteiger partial charge in [0.15, 0.2) is 11.5 Å². The predicted molar refractivity (Wildman–Crippen MR) is 128 cm³/mol. The molecule has 3 aromatic rings. The second-order valence-electron chi connectivity index (χ2n) is 7.26. The second-order valence-corrected chi connectivity index (χ2v) is 8.12. The highest BCUT2D eigenvalue weighted by Gasteiger charge is 2.17. The van der Waals surface area contributed by atoms with Crippen LogP contribution < -0.4 is 20.1 Å². The number of hydrogen-bond acceptors (Lipinski definition) is 4. The average Bonchev–Trinajstić information content (AvgIpc) is 2.79. The number of benzene rings is 3. The molecule has 6 nitrogen and oxygen atoms in total. The molecule has 0 spiro atoms. The van der Waals surface area contributed by atoms with Crippen LogP contribution in [0, 0.1) is 13.8 Å². The summed E-state index contributed by atoms with van der Waals surface area (Å²) in [4.78, 5) is 25.0. The summed E-state index contributed by atoms with van der Waals surface area (Å²) in [7, 11) is 1.51. The van der Waals surface area contributed by atoms with Crippen LogP contribution in [-0.2, 0) is 11.4 Å². The Morgan fingerprint density at radius 2 is 1.66 bits per heavy atom. The summed E-state index contributed by atoms with van der Waals surface area (Å²) in [6.07, 6.45) is 0. The molecule has 3 rings (SSSR count). The number of para-hydroxylation sites is 1. The summed E-state index contributed by atoms with van der Waals surface area (Å²) in [5.74, 6) is 0.223. The van der Waals surface area contributed by atoms with Gasteiger partial charge in [-0.25, -0.2) is 0 Å². The lowest BCUT2D eigenvalue weighted by Crippen LogP contribution is -2.33. The standard InChI is InChI=1S/C25H25BrN2O4/c1-16-8-7-9-17(2)23(16)28-22(29)14-27-25(30)19-12-20(26)24(21(13-19)31-3)32-15-18-10-5-4-6-11-18/h4-13H,14-15H2,1-3H3,(H,27,30)(H,28,29). The highest BCUT2D eigenvalue weighted by molar-refractivity contribution is 9.10. The van der Waals surface area contributed by atoms with E-state index in [1.54, 1.807) is 12.1 Å². The molecular formula is C25H25BrN2O4. The molecule has 0 bridgehead atoms. The van der Waals surface area contributed by atoms with Crippen molar-refractivity contribution >= 4 is 33.4 Å². The summed E-state index contributed by atoms with van der Waals surface area (Å²) in [6.45, 7) is 4.05. The molecule has 32 heavy (non-hydrogen) atoms. The van der Waals surface area contributed by atoms with Gasteiger partial charge in [0.25, 0.3) is 5.91 Å². The van der Waals surface area contributed by atoms with Crippen LogP contribution in [0.4, 0.5) is 5.69 Å². The minimum Gasteiger partial charge on any atom is -0.493 e. The number of methoxy groups -OCH3 is 1. The molecule has 3 aromatic carbocycles. The number of hydrogen-bond donors (Lipinski definition) is 2. The van der Waals surface area contributed by atoms with Gasteiger partial charge in [-0.15, -0.1) is 0 Å². The van der Waals surface area contributed by atoms with Crippen LogP contribution in [0.5, 0.6) is 11.5 Å². The van der Waals surface area contributed by atoms with Gasteiger partial charge in [0.1, 0.15) is 6.61 Å². The summed E-state index contributed by atoms with van der Waals surface area (Å²) in [6, 6.07) is 18.8. The largest absolute Gasteiger partial charge is 0.493 e. The third-order valence-electron chi connectivity index (χ3n) is 4.87. The Morgan fingerprint density at radius 3 is 2.31 bits per heavy atom. The minimum absolute atomic E-state index is 0.154. The molecule has 0 aromatic heterocycles. The molecule has 0 radical (unpaired) electrons. The topological polar surface area (TPSA) is 76.7 Å². The van der Waals surface area contributed by atoms with Crippen molar-refractivity contribution in [2.75, 3.05) is 19.0 Å². The molecule has 0 unspecified atom stereocenters. The molecule has 0 atom stereocenters. The third-order valence-corrected chi connectivity index (χ3v) is 5.46. The molecule has 0 aliphatic heterocycles. The molecule has 166 valence electrons. The number of nitrogens with one attached hydrogen (secondary N) is 2. The molecule has 0 saturated heterocycles. The molecular weight excluding hydrogens is 472 g/mol. The van der Waals surface area contributed by atoms with E-state index in [1.807, 2.05) is 62.4 Å². The molecule has 0 saturated carbocycles. The zero-order valence-electron chi connectivity index (χ0n) is 18.2. The van der Waals surface area contributed by atoms with Crippen LogP contribution in [0.25, 0.3) is 0 Å². The first-order chi connectivity index (χ1) is 15.4. The van der Waals surface area contributed by atoms with Crippen molar-refractivity contribution in [3.63, 3.8) is 0 Å². The van der Waals surface area contributed by atoms with Crippen molar-refractivity contribution in [1.82, 2.24) is 5.32 Å². The third kappa shape index (κ3) is 5.88. The number of carbonyl (C=O) groups is 2. The predicted octanol–water partition coefficient (Wildman–Crippen LogP) is 5.02. The Hall–Kier alpha value is -3.32. The maximum Gasteiger partial charge on any atom is 0.251 e. The van der Waals surface area contributed by atoms with Gasteiger partial charge in [-0.05, 0) is 58.6 Å². The molecule has 0 heterocycles. The summed E-state index contributed by atoms with van der Waals surface area (Å²) < 4.78 is 11.9. The van der Waals surface area contributed by atoms with Crippen LogP contribution >= 0.6 is 15.9 Å². The number of carbonyl (C=O) groups excluding carboxylic acids is 2. The van der Waals surface area contributed by atoms with E-state index >= 15 is 0 Å². The van der Waals surface area contributed by atoms with Crippen molar-refractivity contribution < 1.29 is 19.1 Å². The van der Waals surface area contributed by atoms with Crippen molar-refractivity contribution in [2.45, 2.75) is 20.5 Å². The first-order valence-corrected chi connectivity index (χ1v) is 10.9. The fraction of sp³-hybridized carbons (Fsp3) is 0.200. The summed E-state index contributed by atoms with van der Waals surface area (Å²) in [5.41, 5.74) is 4.05. The van der Waals surface area contributed by atoms with Gasteiger partial charge in [0, 0.05) is 11.3 Å². The molecule has 0 aliphatic carbocycles. The van der Waals surface area contributed by atoms with Crippen molar-refractivity contribution in [1.29, 1.82) is 0 Å². The number of aryl methyl sites for hydroxylation is 2. The van der Waals surface area contributed by atoms with Gasteiger partial charge in [0.05, 0.1) is 18.1 Å². The Kier molecular flexibility index (Phi) is 7.89. The van der Waals surface area contributed by atoms with E-state index in [2.05, 4.69) is 26.6 Å². The van der Waals surface area contributed by atoms with Crippen LogP contribution in [-0.4, -0.2) is 25.5 Å². The van der Waals surface area contributed by atoms with Crippen LogP contribution in [0.15, 0.2) is 65.1 Å². The van der Waals surface area contributed by atoms with E-state index in [0.29, 0.717) is 28.1 Å². The maximum atomic E-state index is 12.6. The van der Waals surface area contributed by atoms with Gasteiger partial charge in [-0.1, -0.05) is 48.5 Å². The fourth-order valence-corrected chi connectivity index (χ4v) is 3.74. The SMILES string of the molecule is COc1cc(C(=O)NCC(=O)Nc2c(C)cccc2C)cc(Br)c1OCc1ccccc1. The quantitative estimate of drug-likeness (QED) is 0.458. The van der Waals surface area contributed by atoms with Crippen molar-refractivity contribution in [3.05, 3.63) is 87.4 Å². The van der Waals surface area contributed by atoms with Crippen LogP contribution in [0.1, 0.15) is 27.0 Å². The Morgan fingerprint density at radius 1 is 0.969 bits per heavy atom. The van der Waals surface area contributed by atoms with Gasteiger partial charge in [0.2, 0.25) is 5.91 Å². The summed E-state index contributed by atoms with van der Waals surface area (Å²) >= 11 is 3.46. The first-order valence-electron chi connectivity index (χ1n) is 10.1. The smallest absolute Gasteiger partial charge is 0.251 e. The van der Waals surface area contributed by atoms with Gasteiger partial charge in [-0.2, -0.15) is 0 Å². The molecule has 2 amide bonds. The van der Waals surface area contributed by atoms with E-state index in [4.69, 9.17) is 9.47 Å². The second kappa shape index (κ2) is 10.8. The Bertz CT molecular complexity index is 1100. The van der Waals surface area contributed by atoms with Crippen LogP contribution in [0.2, 0.25) is 0 Å². The van der Waals surface area contributed by atoms with Gasteiger partial charge >= 0.3 is 0 Å². The number of amides is 2. The Labute approximate surface area is 196 Å². The highest BCUT2D eigenvalue weighted by Crippen LogP contribution is 2.37. The Balaban J connectivity index is 1.64. The highest BCUT2D eigenvalue weighted by atomic mass is 79.9. The van der Waals surface area contributed by atoms with E-state index in [-0.39, 0.29) is 12.5 Å². The lowest BCUT2D eigenvalue weighted by Gasteiger charge is -2.15. The molecule has 7 heteroatoms. The van der Waals surface area contributed by atoms with Crippen LogP contribution in [0.3, 0.4) is 0 Å². The van der Waals surface area contributed by atoms with E-state index < -0.39 is 5.91 Å². The number of rotatable bonds is 8. The van der Waals surface area contributed by atoms with E-state index in [0.717, 1.165) is 22.4 Å². The van der Waals surface area contributed by atoms with Crippen molar-refractivity contribution in [3.8, 4) is 11.5 Å². The fourth-order valence-electron chi connectivity index (χ4n) is 3.18. The lowest BCUT2D eigenvalue weighted by molar-refractivity contribution is -0.115. The zero-order chi connectivity index (χ0) is 23.1. The van der Waals surface area contributed by atoms with Gasteiger partial charge < -0.3 is 20.1 Å². The van der Waals surface area contributed by atoms with Gasteiger partial charge in [-0.3, -0.25) is 9.59 Å². The van der Waals surface area contributed by atoms with E-state index in [9.17, 15) is 9.59 Å². The van der Waals surface area contributed by atoms with E-state index in [1.165, 1.54) is 7.11 Å². The molecule has 0 fully saturated rings. The minimum atomic E-state index is -0.393. The maximum absolute atomic E-state index is 12.6. The zero-order valence-corrected chi connectivity index (χ0v) is 19.8. The number of halogens is 1. The number of anilines is 1. The normalized spacial score (nSPS) is 10.4. The monoisotopic (exact) mass is 496 g/mol. The number of ether oxygens (including phenoxy) is 2. The summed E-state index contributed by atoms with van der Waals surface area (Å²) in [5, 5.41) is 5.50. The lowest BCUT2D eigenvalue weighted by atomic mass is 10.1. The first kappa shape index (κ1) is 23.3. The molecule has 0 aliphatic rings. The average molecular weight is 497 g/mol. The van der Waals surface area contributed by atoms with Crippen molar-refractivity contribution in [2.24, 2.45) is 0 Å².